The molecule has 9 nitrogen and oxygen atoms in total. The molecular formula is C37H44ClN5O4. The molecule has 0 N–H and O–H groups in total. The van der Waals surface area contributed by atoms with Crippen LogP contribution in [0.3, 0.4) is 0 Å². The number of halogens is 1. The van der Waals surface area contributed by atoms with Gasteiger partial charge in [0.1, 0.15) is 29.2 Å². The molecule has 2 amide bonds. The first-order chi connectivity index (χ1) is 22.1. The molecule has 2 saturated carbocycles. The third-order valence-electron chi connectivity index (χ3n) is 10.2. The van der Waals surface area contributed by atoms with E-state index in [-0.39, 0.29) is 35.0 Å². The van der Waals surface area contributed by atoms with Gasteiger partial charge in [-0.15, -0.1) is 0 Å². The lowest BCUT2D eigenvalue weighted by atomic mass is 9.49. The fourth-order valence-corrected chi connectivity index (χ4v) is 8.48. The predicted molar refractivity (Wildman–Crippen MR) is 179 cm³/mol. The smallest absolute Gasteiger partial charge is 0.410 e. The van der Waals surface area contributed by atoms with Gasteiger partial charge in [0.25, 0.3) is 5.91 Å². The molecule has 0 unspecified atom stereocenters. The molecule has 1 saturated heterocycles. The zero-order valence-corrected chi connectivity index (χ0v) is 29.1. The Morgan fingerprint density at radius 3 is 2.34 bits per heavy atom. The van der Waals surface area contributed by atoms with E-state index in [0.29, 0.717) is 59.2 Å². The van der Waals surface area contributed by atoms with E-state index in [0.717, 1.165) is 31.6 Å². The Labute approximate surface area is 283 Å². The van der Waals surface area contributed by atoms with Crippen molar-refractivity contribution in [1.82, 2.24) is 19.7 Å². The van der Waals surface area contributed by atoms with Crippen LogP contribution < -0.4 is 4.74 Å². The number of rotatable bonds is 4. The van der Waals surface area contributed by atoms with E-state index >= 15 is 0 Å². The van der Waals surface area contributed by atoms with E-state index in [2.05, 4.69) is 50.5 Å². The zero-order chi connectivity index (χ0) is 33.9. The van der Waals surface area contributed by atoms with Gasteiger partial charge in [-0.25, -0.2) is 9.78 Å². The molecule has 1 aromatic heterocycles. The molecule has 0 spiro atoms. The summed E-state index contributed by atoms with van der Waals surface area (Å²) in [6, 6.07) is 11.3. The number of ether oxygens (including phenoxy) is 2. The molecule has 0 bridgehead atoms. The molecule has 4 aliphatic rings. The van der Waals surface area contributed by atoms with Crippen LogP contribution in [0.25, 0.3) is 0 Å². The maximum absolute atomic E-state index is 13.7. The zero-order valence-electron chi connectivity index (χ0n) is 28.4. The summed E-state index contributed by atoms with van der Waals surface area (Å²) in [5.74, 6) is 7.61. The van der Waals surface area contributed by atoms with E-state index in [4.69, 9.17) is 26.1 Å². The van der Waals surface area contributed by atoms with Gasteiger partial charge in [0, 0.05) is 61.1 Å². The molecular weight excluding hydrogens is 614 g/mol. The highest BCUT2D eigenvalue weighted by Gasteiger charge is 2.67. The number of amides is 2. The van der Waals surface area contributed by atoms with Crippen molar-refractivity contribution < 1.29 is 19.1 Å². The Morgan fingerprint density at radius 2 is 1.72 bits per heavy atom. The summed E-state index contributed by atoms with van der Waals surface area (Å²) in [6.45, 7) is 17.7. The van der Waals surface area contributed by atoms with E-state index in [9.17, 15) is 14.9 Å². The van der Waals surface area contributed by atoms with Crippen molar-refractivity contribution in [2.75, 3.05) is 26.2 Å². The maximum atomic E-state index is 13.7. The average molecular weight is 658 g/mol. The van der Waals surface area contributed by atoms with E-state index in [1.165, 1.54) is 0 Å². The fourth-order valence-electron chi connectivity index (χ4n) is 8.27. The van der Waals surface area contributed by atoms with Crippen LogP contribution in [0.4, 0.5) is 4.79 Å². The molecule has 2 aliphatic carbocycles. The van der Waals surface area contributed by atoms with Gasteiger partial charge in [0.2, 0.25) is 0 Å². The van der Waals surface area contributed by atoms with Gasteiger partial charge < -0.3 is 19.3 Å². The number of carbonyl (C=O) groups excluding carboxylic acids is 2. The van der Waals surface area contributed by atoms with E-state index in [1.54, 1.807) is 23.1 Å². The average Bonchev–Trinajstić information content (AvgIpc) is 3.28. The first-order valence-electron chi connectivity index (χ1n) is 16.5. The van der Waals surface area contributed by atoms with Crippen LogP contribution in [0.5, 0.6) is 5.75 Å². The monoisotopic (exact) mass is 657 g/mol. The minimum atomic E-state index is -0.481. The van der Waals surface area contributed by atoms with Crippen molar-refractivity contribution in [3.63, 3.8) is 0 Å². The summed E-state index contributed by atoms with van der Waals surface area (Å²) >= 11 is 6.26. The number of fused-ring (bicyclic) bond motifs is 1. The minimum absolute atomic E-state index is 0.00775. The van der Waals surface area contributed by atoms with Crippen LogP contribution in [0, 0.1) is 39.9 Å². The van der Waals surface area contributed by atoms with Crippen molar-refractivity contribution in [3.8, 4) is 23.7 Å². The van der Waals surface area contributed by atoms with Crippen molar-refractivity contribution >= 4 is 23.6 Å². The van der Waals surface area contributed by atoms with Crippen LogP contribution in [0.2, 0.25) is 5.02 Å². The lowest BCUT2D eigenvalue weighted by molar-refractivity contribution is -0.199. The summed E-state index contributed by atoms with van der Waals surface area (Å²) in [7, 11) is 0. The molecule has 0 radical (unpaired) electrons. The molecule has 3 heterocycles. The number of nitrogens with zero attached hydrogens (tertiary/aromatic N) is 5. The topological polar surface area (TPSA) is 99.0 Å². The molecule has 6 rings (SSSR count). The van der Waals surface area contributed by atoms with Gasteiger partial charge >= 0.3 is 6.09 Å². The number of hydrogen-bond donors (Lipinski definition) is 0. The van der Waals surface area contributed by atoms with Gasteiger partial charge in [0.15, 0.2) is 0 Å². The number of benzene rings is 1. The predicted octanol–water partition coefficient (Wildman–Crippen LogP) is 6.13. The minimum Gasteiger partial charge on any atom is -0.489 e. The third-order valence-corrected chi connectivity index (χ3v) is 10.5. The molecule has 3 fully saturated rings. The van der Waals surface area contributed by atoms with Gasteiger partial charge in [-0.3, -0.25) is 9.69 Å². The SMILES string of the molecule is CC(C)(C)OC(=O)N1CCN([C@H]2C[C@H](C#Cc3ccc4c(n3)CN([C@H]3C(C)(C)[C@H](Oc5ccc(C#N)c(Cl)c5)C3(C)C)C4=O)C2)CC1. The highest BCUT2D eigenvalue weighted by Crippen LogP contribution is 2.59. The van der Waals surface area contributed by atoms with E-state index in [1.807, 2.05) is 37.8 Å². The number of piperazine rings is 1. The first kappa shape index (κ1) is 33.1. The standard InChI is InChI=1S/C37H44ClN5O4/c1-35(2,3)47-34(45)42-16-14-41(15-17-42)26-18-23(19-26)8-10-25-11-13-28-30(40-25)22-43(31(28)44)32-36(4,5)33(37(32,6)7)46-27-12-9-24(21-39)29(38)20-27/h9,11-13,20,23,26,32-33H,14-19,22H2,1-7H3/t23-,26-,32-,33-. The number of aromatic nitrogens is 1. The maximum Gasteiger partial charge on any atom is 0.410 e. The highest BCUT2D eigenvalue weighted by molar-refractivity contribution is 6.31. The quantitative estimate of drug-likeness (QED) is 0.365. The Morgan fingerprint density at radius 1 is 1.04 bits per heavy atom. The molecule has 0 atom stereocenters. The van der Waals surface area contributed by atoms with Crippen LogP contribution in [-0.2, 0) is 11.3 Å². The second-order valence-corrected chi connectivity index (χ2v) is 15.9. The molecule has 10 heteroatoms. The van der Waals surface area contributed by atoms with Gasteiger partial charge in [-0.1, -0.05) is 45.2 Å². The first-order valence-corrected chi connectivity index (χ1v) is 16.9. The summed E-state index contributed by atoms with van der Waals surface area (Å²) in [5, 5.41) is 9.57. The normalized spacial score (nSPS) is 26.2. The molecule has 47 heavy (non-hydrogen) atoms. The Bertz CT molecular complexity index is 1670. The van der Waals surface area contributed by atoms with Gasteiger partial charge in [0.05, 0.1) is 28.4 Å². The molecule has 2 aliphatic heterocycles. The second kappa shape index (κ2) is 12.0. The Balaban J connectivity index is 1.04. The number of hydrogen-bond acceptors (Lipinski definition) is 7. The molecule has 2 aromatic rings. The number of carbonyl (C=O) groups is 2. The summed E-state index contributed by atoms with van der Waals surface area (Å²) < 4.78 is 12.0. The molecule has 248 valence electrons. The lowest BCUT2D eigenvalue weighted by Gasteiger charge is -2.65. The van der Waals surface area contributed by atoms with Crippen molar-refractivity contribution in [3.05, 3.63) is 57.9 Å². The van der Waals surface area contributed by atoms with Crippen LogP contribution in [0.1, 0.15) is 88.6 Å². The summed E-state index contributed by atoms with van der Waals surface area (Å²) in [5.41, 5.74) is 1.35. The number of pyridine rings is 1. The van der Waals surface area contributed by atoms with Crippen LogP contribution >= 0.6 is 11.6 Å². The Hall–Kier alpha value is -3.79. The summed E-state index contributed by atoms with van der Waals surface area (Å²) in [4.78, 5) is 37.1. The largest absolute Gasteiger partial charge is 0.489 e. The third kappa shape index (κ3) is 6.28. The summed E-state index contributed by atoms with van der Waals surface area (Å²) in [6.07, 6.45) is 1.63. The molecule has 1 aromatic carbocycles. The Kier molecular flexibility index (Phi) is 8.47. The second-order valence-electron chi connectivity index (χ2n) is 15.5. The van der Waals surface area contributed by atoms with Crippen molar-refractivity contribution in [2.45, 2.75) is 91.6 Å². The van der Waals surface area contributed by atoms with Crippen molar-refractivity contribution in [2.24, 2.45) is 16.7 Å². The van der Waals surface area contributed by atoms with Gasteiger partial charge in [-0.05, 0) is 63.8 Å². The number of nitriles is 1. The highest BCUT2D eigenvalue weighted by atomic mass is 35.5. The van der Waals surface area contributed by atoms with Crippen LogP contribution in [-0.4, -0.2) is 81.7 Å². The van der Waals surface area contributed by atoms with Crippen molar-refractivity contribution in [1.29, 1.82) is 5.26 Å². The van der Waals surface area contributed by atoms with E-state index < -0.39 is 5.60 Å². The fraction of sp³-hybridized carbons (Fsp3) is 0.568. The van der Waals surface area contributed by atoms with Gasteiger partial charge in [-0.2, -0.15) is 5.26 Å². The lowest BCUT2D eigenvalue weighted by Crippen LogP contribution is -2.74. The van der Waals surface area contributed by atoms with Crippen LogP contribution in [0.15, 0.2) is 30.3 Å².